The molecule has 1 aliphatic rings. The first kappa shape index (κ1) is 17.5. The van der Waals surface area contributed by atoms with Gasteiger partial charge in [-0.15, -0.1) is 0 Å². The van der Waals surface area contributed by atoms with Crippen molar-refractivity contribution in [2.24, 2.45) is 23.2 Å². The minimum atomic E-state index is -0.719. The SMILES string of the molecule is CC1CCC(C(C)C)C(OCCCC(C)(C)C(=O)O)C1. The number of aliphatic carboxylic acids is 1. The highest BCUT2D eigenvalue weighted by Crippen LogP contribution is 2.35. The molecule has 0 aromatic carbocycles. The van der Waals surface area contributed by atoms with E-state index in [1.165, 1.54) is 12.8 Å². The predicted molar refractivity (Wildman–Crippen MR) is 81.7 cm³/mol. The molecule has 0 aromatic heterocycles. The highest BCUT2D eigenvalue weighted by atomic mass is 16.5. The lowest BCUT2D eigenvalue weighted by Crippen LogP contribution is -2.34. The molecule has 3 atom stereocenters. The Kier molecular flexibility index (Phi) is 6.50. The van der Waals surface area contributed by atoms with E-state index < -0.39 is 11.4 Å². The summed E-state index contributed by atoms with van der Waals surface area (Å²) in [5.74, 6) is 1.37. The van der Waals surface area contributed by atoms with Crippen LogP contribution in [0.25, 0.3) is 0 Å². The molecule has 0 aromatic rings. The Bertz CT molecular complexity index is 309. The second-order valence-electron chi connectivity index (χ2n) is 7.53. The van der Waals surface area contributed by atoms with Gasteiger partial charge in [-0.25, -0.2) is 0 Å². The van der Waals surface area contributed by atoms with Crippen LogP contribution in [0.15, 0.2) is 0 Å². The lowest BCUT2D eigenvalue weighted by molar-refractivity contribution is -0.147. The van der Waals surface area contributed by atoms with Crippen LogP contribution < -0.4 is 0 Å². The Morgan fingerprint density at radius 2 is 2.00 bits per heavy atom. The monoisotopic (exact) mass is 284 g/mol. The zero-order valence-corrected chi connectivity index (χ0v) is 13.8. The molecule has 20 heavy (non-hydrogen) atoms. The van der Waals surface area contributed by atoms with E-state index in [4.69, 9.17) is 9.84 Å². The molecule has 1 saturated carbocycles. The average Bonchev–Trinajstić information content (AvgIpc) is 2.34. The van der Waals surface area contributed by atoms with Crippen LogP contribution in [0.2, 0.25) is 0 Å². The van der Waals surface area contributed by atoms with Crippen molar-refractivity contribution in [1.82, 2.24) is 0 Å². The normalized spacial score (nSPS) is 27.8. The zero-order valence-electron chi connectivity index (χ0n) is 13.8. The van der Waals surface area contributed by atoms with E-state index in [-0.39, 0.29) is 0 Å². The molecule has 1 aliphatic carbocycles. The average molecular weight is 284 g/mol. The quantitative estimate of drug-likeness (QED) is 0.707. The summed E-state index contributed by atoms with van der Waals surface area (Å²) in [7, 11) is 0. The van der Waals surface area contributed by atoms with Crippen molar-refractivity contribution < 1.29 is 14.6 Å². The van der Waals surface area contributed by atoms with Crippen LogP contribution in [-0.4, -0.2) is 23.8 Å². The largest absolute Gasteiger partial charge is 0.481 e. The molecular formula is C17H32O3. The third-order valence-corrected chi connectivity index (χ3v) is 4.82. The van der Waals surface area contributed by atoms with Crippen LogP contribution in [0.3, 0.4) is 0 Å². The molecule has 0 amide bonds. The summed E-state index contributed by atoms with van der Waals surface area (Å²) in [4.78, 5) is 11.1. The van der Waals surface area contributed by atoms with Gasteiger partial charge in [0.2, 0.25) is 0 Å². The van der Waals surface area contributed by atoms with Crippen molar-refractivity contribution in [3.05, 3.63) is 0 Å². The highest BCUT2D eigenvalue weighted by Gasteiger charge is 2.31. The van der Waals surface area contributed by atoms with E-state index in [0.29, 0.717) is 31.0 Å². The van der Waals surface area contributed by atoms with Crippen LogP contribution in [0.1, 0.15) is 66.7 Å². The lowest BCUT2D eigenvalue weighted by Gasteiger charge is -2.37. The predicted octanol–water partition coefficient (Wildman–Crippen LogP) is 4.35. The third kappa shape index (κ3) is 5.08. The van der Waals surface area contributed by atoms with Crippen molar-refractivity contribution >= 4 is 5.97 Å². The molecule has 0 bridgehead atoms. The van der Waals surface area contributed by atoms with Crippen LogP contribution >= 0.6 is 0 Å². The number of rotatable bonds is 7. The van der Waals surface area contributed by atoms with Gasteiger partial charge < -0.3 is 9.84 Å². The Morgan fingerprint density at radius 1 is 1.35 bits per heavy atom. The maximum atomic E-state index is 11.1. The van der Waals surface area contributed by atoms with Gasteiger partial charge in [-0.05, 0) is 57.3 Å². The molecule has 3 heteroatoms. The Balaban J connectivity index is 2.37. The number of carboxylic acid groups (broad SMARTS) is 1. The third-order valence-electron chi connectivity index (χ3n) is 4.82. The molecule has 1 N–H and O–H groups in total. The standard InChI is InChI=1S/C17H32O3/c1-12(2)14-8-7-13(3)11-15(14)20-10-6-9-17(4,5)16(18)19/h12-15H,6-11H2,1-5H3,(H,18,19). The molecule has 1 fully saturated rings. The lowest BCUT2D eigenvalue weighted by atomic mass is 9.75. The second-order valence-corrected chi connectivity index (χ2v) is 7.53. The van der Waals surface area contributed by atoms with Crippen LogP contribution in [0.5, 0.6) is 0 Å². The van der Waals surface area contributed by atoms with Crippen molar-refractivity contribution in [2.45, 2.75) is 72.8 Å². The van der Waals surface area contributed by atoms with E-state index in [1.807, 2.05) is 0 Å². The fourth-order valence-corrected chi connectivity index (χ4v) is 3.16. The summed E-state index contributed by atoms with van der Waals surface area (Å²) in [5.41, 5.74) is -0.638. The van der Waals surface area contributed by atoms with Gasteiger partial charge in [0.05, 0.1) is 11.5 Å². The first-order valence-corrected chi connectivity index (χ1v) is 8.09. The first-order valence-electron chi connectivity index (χ1n) is 8.09. The van der Waals surface area contributed by atoms with E-state index >= 15 is 0 Å². The number of hydrogen-bond donors (Lipinski definition) is 1. The zero-order chi connectivity index (χ0) is 15.3. The first-order chi connectivity index (χ1) is 9.24. The number of ether oxygens (including phenoxy) is 1. The number of carbonyl (C=O) groups is 1. The van der Waals surface area contributed by atoms with Crippen molar-refractivity contribution in [1.29, 1.82) is 0 Å². The summed E-state index contributed by atoms with van der Waals surface area (Å²) in [6.07, 6.45) is 5.61. The van der Waals surface area contributed by atoms with Gasteiger partial charge in [0, 0.05) is 6.61 Å². The van der Waals surface area contributed by atoms with E-state index in [1.54, 1.807) is 13.8 Å². The van der Waals surface area contributed by atoms with Gasteiger partial charge in [-0.1, -0.05) is 27.2 Å². The summed E-state index contributed by atoms with van der Waals surface area (Å²) in [5, 5.41) is 9.10. The van der Waals surface area contributed by atoms with Gasteiger partial charge in [0.15, 0.2) is 0 Å². The Labute approximate surface area is 124 Å². The summed E-state index contributed by atoms with van der Waals surface area (Å²) >= 11 is 0. The molecule has 0 saturated heterocycles. The molecule has 0 radical (unpaired) electrons. The van der Waals surface area contributed by atoms with Gasteiger partial charge in [0.25, 0.3) is 0 Å². The van der Waals surface area contributed by atoms with Crippen molar-refractivity contribution in [2.75, 3.05) is 6.61 Å². The second kappa shape index (κ2) is 7.44. The number of hydrogen-bond acceptors (Lipinski definition) is 2. The van der Waals surface area contributed by atoms with Gasteiger partial charge in [-0.2, -0.15) is 0 Å². The topological polar surface area (TPSA) is 46.5 Å². The molecule has 1 rings (SSSR count). The van der Waals surface area contributed by atoms with Crippen molar-refractivity contribution in [3.8, 4) is 0 Å². The van der Waals surface area contributed by atoms with Gasteiger partial charge in [0.1, 0.15) is 0 Å². The maximum Gasteiger partial charge on any atom is 0.309 e. The van der Waals surface area contributed by atoms with Crippen LogP contribution in [0.4, 0.5) is 0 Å². The highest BCUT2D eigenvalue weighted by molar-refractivity contribution is 5.73. The Hall–Kier alpha value is -0.570. The molecule has 3 unspecified atom stereocenters. The van der Waals surface area contributed by atoms with E-state index in [9.17, 15) is 4.79 Å². The van der Waals surface area contributed by atoms with Gasteiger partial charge >= 0.3 is 5.97 Å². The summed E-state index contributed by atoms with van der Waals surface area (Å²) in [6, 6.07) is 0. The maximum absolute atomic E-state index is 11.1. The molecule has 118 valence electrons. The van der Waals surface area contributed by atoms with E-state index in [2.05, 4.69) is 20.8 Å². The molecule has 3 nitrogen and oxygen atoms in total. The molecular weight excluding hydrogens is 252 g/mol. The van der Waals surface area contributed by atoms with E-state index in [0.717, 1.165) is 18.8 Å². The minimum absolute atomic E-state index is 0.367. The molecule has 0 spiro atoms. The fraction of sp³-hybridized carbons (Fsp3) is 0.941. The van der Waals surface area contributed by atoms with Crippen LogP contribution in [0, 0.1) is 23.2 Å². The molecule has 0 aliphatic heterocycles. The smallest absolute Gasteiger partial charge is 0.309 e. The summed E-state index contributed by atoms with van der Waals surface area (Å²) < 4.78 is 6.11. The number of carboxylic acids is 1. The van der Waals surface area contributed by atoms with Gasteiger partial charge in [-0.3, -0.25) is 4.79 Å². The van der Waals surface area contributed by atoms with Crippen LogP contribution in [-0.2, 0) is 9.53 Å². The van der Waals surface area contributed by atoms with Crippen molar-refractivity contribution in [3.63, 3.8) is 0 Å². The summed E-state index contributed by atoms with van der Waals surface area (Å²) in [6.45, 7) is 11.1. The fourth-order valence-electron chi connectivity index (χ4n) is 3.16. The molecule has 0 heterocycles. The Morgan fingerprint density at radius 3 is 2.55 bits per heavy atom. The minimum Gasteiger partial charge on any atom is -0.481 e.